The molecule has 180 valence electrons. The van der Waals surface area contributed by atoms with Crippen LogP contribution >= 0.6 is 21.0 Å². The first kappa shape index (κ1) is 25.5. The molecule has 0 aliphatic rings. The van der Waals surface area contributed by atoms with Crippen molar-refractivity contribution in [2.24, 2.45) is 0 Å². The topological polar surface area (TPSA) is 78.9 Å². The second-order valence-corrected chi connectivity index (χ2v) is 9.52. The monoisotopic (exact) mass is 511 g/mol. The van der Waals surface area contributed by atoms with Crippen molar-refractivity contribution in [3.63, 3.8) is 0 Å². The lowest BCUT2D eigenvalue weighted by Crippen LogP contribution is -2.37. The molecule has 0 saturated carbocycles. The third kappa shape index (κ3) is 7.44. The summed E-state index contributed by atoms with van der Waals surface area (Å²) in [7, 11) is 1.56. The van der Waals surface area contributed by atoms with Gasteiger partial charge < -0.3 is 15.0 Å². The Labute approximate surface area is 191 Å². The molecule has 0 aliphatic heterocycles. The summed E-state index contributed by atoms with van der Waals surface area (Å²) in [5.41, 5.74) is 7.58. The Kier molecular flexibility index (Phi) is 7.45. The second kappa shape index (κ2) is 9.63. The van der Waals surface area contributed by atoms with E-state index >= 15 is 0 Å². The molecule has 0 saturated heterocycles. The van der Waals surface area contributed by atoms with Crippen LogP contribution in [-0.2, 0) is 11.3 Å². The maximum atomic E-state index is 12.8. The lowest BCUT2D eigenvalue weighted by molar-refractivity contribution is -0.205. The number of hydrogen-bond donors (Lipinski definition) is 1. The van der Waals surface area contributed by atoms with Crippen molar-refractivity contribution in [1.82, 2.24) is 19.5 Å². The van der Waals surface area contributed by atoms with Crippen molar-refractivity contribution in [2.45, 2.75) is 53.9 Å². The molecule has 33 heavy (non-hydrogen) atoms. The molecule has 2 heterocycles. The average Bonchev–Trinajstić information content (AvgIpc) is 3.03. The van der Waals surface area contributed by atoms with E-state index in [4.69, 9.17) is 10.5 Å². The molecule has 3 aromatic rings. The van der Waals surface area contributed by atoms with Crippen LogP contribution in [0.2, 0.25) is 0 Å². The molecule has 0 radical (unpaired) electrons. The van der Waals surface area contributed by atoms with Crippen LogP contribution in [0.1, 0.15) is 18.4 Å². The fourth-order valence-electron chi connectivity index (χ4n) is 3.08. The molecule has 0 amide bonds. The Morgan fingerprint density at radius 3 is 2.21 bits per heavy atom. The predicted octanol–water partition coefficient (Wildman–Crippen LogP) is 5.36. The maximum Gasteiger partial charge on any atom is 0.392 e. The fraction of sp³-hybridized carbons (Fsp3) is 0.421. The van der Waals surface area contributed by atoms with E-state index in [2.05, 4.69) is 15.0 Å². The SMILES string of the molecule is Cc1ccc(Sc2nc(N)nc3c2ncn3CCOC(P)(CC(F)(F)F)CC(F)(F)F)cc1. The molecule has 1 aromatic carbocycles. The number of nitrogens with zero attached hydrogens (tertiary/aromatic N) is 4. The van der Waals surface area contributed by atoms with E-state index in [1.807, 2.05) is 31.2 Å². The molecular formula is C19H20F6N5OPS. The van der Waals surface area contributed by atoms with Gasteiger partial charge in [-0.05, 0) is 19.1 Å². The van der Waals surface area contributed by atoms with Crippen molar-refractivity contribution in [3.05, 3.63) is 36.2 Å². The number of rotatable bonds is 8. The number of halogens is 6. The minimum absolute atomic E-state index is 0.0469. The number of alkyl halides is 6. The second-order valence-electron chi connectivity index (χ2n) is 7.41. The Morgan fingerprint density at radius 1 is 1.03 bits per heavy atom. The number of aryl methyl sites for hydroxylation is 1. The summed E-state index contributed by atoms with van der Waals surface area (Å²) < 4.78 is 83.4. The first-order chi connectivity index (χ1) is 15.2. The van der Waals surface area contributed by atoms with Crippen LogP contribution in [0.15, 0.2) is 40.5 Å². The van der Waals surface area contributed by atoms with Gasteiger partial charge in [-0.1, -0.05) is 29.5 Å². The van der Waals surface area contributed by atoms with Gasteiger partial charge >= 0.3 is 12.4 Å². The van der Waals surface area contributed by atoms with Gasteiger partial charge in [0, 0.05) is 11.4 Å². The Balaban J connectivity index is 1.77. The zero-order valence-corrected chi connectivity index (χ0v) is 19.2. The number of nitrogen functional groups attached to an aromatic ring is 1. The zero-order valence-electron chi connectivity index (χ0n) is 17.2. The van der Waals surface area contributed by atoms with Crippen LogP contribution < -0.4 is 5.73 Å². The highest BCUT2D eigenvalue weighted by molar-refractivity contribution is 7.99. The van der Waals surface area contributed by atoms with Gasteiger partial charge in [-0.2, -0.15) is 31.3 Å². The van der Waals surface area contributed by atoms with Crippen molar-refractivity contribution < 1.29 is 31.1 Å². The van der Waals surface area contributed by atoms with Crippen LogP contribution in [0, 0.1) is 6.92 Å². The minimum Gasteiger partial charge on any atom is -0.369 e. The number of ether oxygens (including phenoxy) is 1. The van der Waals surface area contributed by atoms with E-state index in [0.29, 0.717) is 16.2 Å². The third-order valence-electron chi connectivity index (χ3n) is 4.41. The van der Waals surface area contributed by atoms with Crippen molar-refractivity contribution in [3.8, 4) is 0 Å². The predicted molar refractivity (Wildman–Crippen MR) is 115 cm³/mol. The normalized spacial score (nSPS) is 13.1. The standard InChI is InChI=1S/C19H20F6N5OPS/c1-11-2-4-12(5-3-11)33-15-13-14(28-16(26)29-15)30(10-27-13)6-7-31-17(32,8-18(20,21)22)9-19(23,24)25/h2-5,10H,6-9,32H2,1H3,(H2,26,28,29). The number of imidazole rings is 1. The van der Waals surface area contributed by atoms with Gasteiger partial charge in [0.2, 0.25) is 5.95 Å². The van der Waals surface area contributed by atoms with Gasteiger partial charge in [-0.25, -0.2) is 9.97 Å². The van der Waals surface area contributed by atoms with Crippen molar-refractivity contribution >= 4 is 38.1 Å². The molecule has 6 nitrogen and oxygen atoms in total. The quantitative estimate of drug-likeness (QED) is 0.249. The van der Waals surface area contributed by atoms with E-state index in [0.717, 1.165) is 10.5 Å². The number of anilines is 1. The maximum absolute atomic E-state index is 12.8. The number of fused-ring (bicyclic) bond motifs is 1. The van der Waals surface area contributed by atoms with Gasteiger partial charge in [0.25, 0.3) is 0 Å². The number of nitrogens with two attached hydrogens (primary N) is 1. The molecule has 0 aliphatic carbocycles. The largest absolute Gasteiger partial charge is 0.392 e. The van der Waals surface area contributed by atoms with Gasteiger partial charge in [0.1, 0.15) is 10.5 Å². The number of aromatic nitrogens is 4. The Hall–Kier alpha value is -2.11. The van der Waals surface area contributed by atoms with Gasteiger partial charge in [-0.3, -0.25) is 0 Å². The minimum atomic E-state index is -4.83. The smallest absolute Gasteiger partial charge is 0.369 e. The van der Waals surface area contributed by atoms with E-state index < -0.39 is 37.1 Å². The summed E-state index contributed by atoms with van der Waals surface area (Å²) in [5, 5.41) is -2.07. The molecule has 2 aromatic heterocycles. The molecule has 1 atom stereocenters. The highest BCUT2D eigenvalue weighted by Gasteiger charge is 2.47. The first-order valence-electron chi connectivity index (χ1n) is 9.52. The lowest BCUT2D eigenvalue weighted by Gasteiger charge is -2.31. The van der Waals surface area contributed by atoms with Crippen LogP contribution in [-0.4, -0.2) is 43.8 Å². The van der Waals surface area contributed by atoms with Crippen LogP contribution in [0.4, 0.5) is 32.3 Å². The highest BCUT2D eigenvalue weighted by Crippen LogP contribution is 2.42. The number of benzene rings is 1. The van der Waals surface area contributed by atoms with E-state index in [9.17, 15) is 26.3 Å². The molecule has 14 heteroatoms. The lowest BCUT2D eigenvalue weighted by atomic mass is 10.1. The van der Waals surface area contributed by atoms with Gasteiger partial charge in [-0.15, -0.1) is 9.24 Å². The fourth-order valence-corrected chi connectivity index (χ4v) is 4.53. The van der Waals surface area contributed by atoms with E-state index in [1.54, 1.807) is 9.24 Å². The average molecular weight is 511 g/mol. The summed E-state index contributed by atoms with van der Waals surface area (Å²) in [6.07, 6.45) is -11.8. The molecule has 0 spiro atoms. The van der Waals surface area contributed by atoms with E-state index in [-0.39, 0.29) is 12.5 Å². The van der Waals surface area contributed by atoms with Crippen LogP contribution in [0.25, 0.3) is 11.2 Å². The summed E-state index contributed by atoms with van der Waals surface area (Å²) in [6.45, 7) is 1.42. The highest BCUT2D eigenvalue weighted by atomic mass is 32.2. The summed E-state index contributed by atoms with van der Waals surface area (Å²) >= 11 is 1.30. The van der Waals surface area contributed by atoms with Crippen molar-refractivity contribution in [2.75, 3.05) is 12.3 Å². The zero-order chi connectivity index (χ0) is 24.4. The van der Waals surface area contributed by atoms with Crippen LogP contribution in [0.5, 0.6) is 0 Å². The number of hydrogen-bond acceptors (Lipinski definition) is 6. The molecule has 0 bridgehead atoms. The molecule has 3 rings (SSSR count). The van der Waals surface area contributed by atoms with Gasteiger partial charge in [0.15, 0.2) is 5.65 Å². The first-order valence-corrected chi connectivity index (χ1v) is 10.9. The molecule has 0 fully saturated rings. The van der Waals surface area contributed by atoms with Gasteiger partial charge in [0.05, 0.1) is 31.1 Å². The van der Waals surface area contributed by atoms with E-state index in [1.165, 1.54) is 22.7 Å². The summed E-state index contributed by atoms with van der Waals surface area (Å²) in [4.78, 5) is 13.4. The molecule has 2 N–H and O–H groups in total. The Bertz CT molecular complexity index is 1090. The van der Waals surface area contributed by atoms with Crippen molar-refractivity contribution in [1.29, 1.82) is 0 Å². The summed E-state index contributed by atoms with van der Waals surface area (Å²) in [6, 6.07) is 7.65. The third-order valence-corrected chi connectivity index (χ3v) is 5.97. The molecular weight excluding hydrogens is 491 g/mol. The van der Waals surface area contributed by atoms with Crippen LogP contribution in [0.3, 0.4) is 0 Å². The summed E-state index contributed by atoms with van der Waals surface area (Å²) in [5.74, 6) is -0.0469. The molecule has 1 unspecified atom stereocenters. The Morgan fingerprint density at radius 2 is 1.64 bits per heavy atom.